The van der Waals surface area contributed by atoms with Gasteiger partial charge in [0, 0.05) is 11.5 Å². The number of phosphoric acid groups is 1. The van der Waals surface area contributed by atoms with Crippen molar-refractivity contribution in [2.24, 2.45) is 5.92 Å². The highest BCUT2D eigenvalue weighted by molar-refractivity contribution is 8.00. The van der Waals surface area contributed by atoms with E-state index in [1.54, 1.807) is 44.2 Å². The summed E-state index contributed by atoms with van der Waals surface area (Å²) in [7, 11) is -7.86. The van der Waals surface area contributed by atoms with E-state index in [1.807, 2.05) is 33.9 Å². The van der Waals surface area contributed by atoms with Gasteiger partial charge in [0.1, 0.15) is 30.0 Å². The predicted molar refractivity (Wildman–Crippen MR) is 226 cm³/mol. The summed E-state index contributed by atoms with van der Waals surface area (Å²) in [5, 5.41) is 24.7. The molecule has 5 aromatic rings. The highest BCUT2D eigenvalue weighted by Crippen LogP contribution is 2.55. The van der Waals surface area contributed by atoms with Crippen LogP contribution < -0.4 is 16.2 Å². The number of hydrogen-bond donors (Lipinski definition) is 6. The van der Waals surface area contributed by atoms with Gasteiger partial charge in [-0.1, -0.05) is 52.8 Å². The Bertz CT molecular complexity index is 2560. The Kier molecular flexibility index (Phi) is 12.9. The number of alkyl halides is 1. The SMILES string of the molecule is CC(C)C(=O)Nc1nc2c(ncn2[C@@H]2S[C@H](CO)[C@@H](O[Si](C)(C)C(C)(C)C)[C@H]2OP(=O)(O)OC[C@H]2O[C@@H](n3cnc4c(NC(=O)c5ccccc5)ncnc43)[C@@H](F)[C@@H]2O)c(=O)[nH]1. The summed E-state index contributed by atoms with van der Waals surface area (Å²) in [6.07, 6.45) is -5.73. The number of benzene rings is 1. The van der Waals surface area contributed by atoms with E-state index in [0.29, 0.717) is 5.56 Å². The van der Waals surface area contributed by atoms with Crippen molar-refractivity contribution in [3.8, 4) is 0 Å². The molecule has 2 amide bonds. The number of thioether (sulfide) groups is 1. The van der Waals surface area contributed by atoms with E-state index >= 15 is 4.39 Å². The van der Waals surface area contributed by atoms with Crippen molar-refractivity contribution in [3.63, 3.8) is 0 Å². The molecule has 334 valence electrons. The normalized spacial score (nSPS) is 25.4. The molecule has 9 atom stereocenters. The second-order valence-corrected chi connectivity index (χ2v) is 24.2. The largest absolute Gasteiger partial charge is 0.472 e. The number of aromatic amines is 1. The van der Waals surface area contributed by atoms with Crippen molar-refractivity contribution in [1.82, 2.24) is 39.0 Å². The summed E-state index contributed by atoms with van der Waals surface area (Å²) in [4.78, 5) is 73.4. The van der Waals surface area contributed by atoms with Crippen molar-refractivity contribution in [2.45, 2.75) is 100 Å². The van der Waals surface area contributed by atoms with Crippen molar-refractivity contribution in [3.05, 3.63) is 65.2 Å². The van der Waals surface area contributed by atoms with E-state index in [-0.39, 0.29) is 39.1 Å². The number of H-pyrrole nitrogens is 1. The van der Waals surface area contributed by atoms with E-state index in [2.05, 4.69) is 40.5 Å². The van der Waals surface area contributed by atoms with Gasteiger partial charge in [-0.3, -0.25) is 42.9 Å². The monoisotopic (exact) mass is 918 g/mol. The number of carbonyl (C=O) groups excluding carboxylic acids is 2. The van der Waals surface area contributed by atoms with Gasteiger partial charge in [-0.2, -0.15) is 4.98 Å². The maximum atomic E-state index is 15.8. The van der Waals surface area contributed by atoms with Crippen LogP contribution in [0, 0.1) is 5.92 Å². The highest BCUT2D eigenvalue weighted by Gasteiger charge is 2.54. The number of nitrogens with one attached hydrogen (secondary N) is 3. The lowest BCUT2D eigenvalue weighted by molar-refractivity contribution is -0.118. The highest BCUT2D eigenvalue weighted by atomic mass is 32.2. The molecule has 1 aromatic carbocycles. The summed E-state index contributed by atoms with van der Waals surface area (Å²) < 4.78 is 56.3. The Hall–Kier alpha value is -4.49. The molecule has 25 heteroatoms. The topological polar surface area (TPSA) is 280 Å². The first-order valence-corrected chi connectivity index (χ1v) is 24.9. The van der Waals surface area contributed by atoms with E-state index in [1.165, 1.54) is 21.8 Å². The van der Waals surface area contributed by atoms with Gasteiger partial charge in [-0.25, -0.2) is 28.9 Å². The zero-order valence-electron chi connectivity index (χ0n) is 34.7. The van der Waals surface area contributed by atoms with Crippen molar-refractivity contribution >= 4 is 73.8 Å². The van der Waals surface area contributed by atoms with E-state index < -0.39 is 100 Å². The fourth-order valence-corrected chi connectivity index (χ4v) is 10.5. The first kappa shape index (κ1) is 45.5. The molecular weight excluding hydrogens is 871 g/mol. The number of hydrogen-bond acceptors (Lipinski definition) is 16. The minimum absolute atomic E-state index is 0.00256. The number of fused-ring (bicyclic) bond motifs is 2. The predicted octanol–water partition coefficient (Wildman–Crippen LogP) is 3.90. The molecule has 0 aliphatic carbocycles. The quantitative estimate of drug-likeness (QED) is 0.0680. The van der Waals surface area contributed by atoms with Gasteiger partial charge < -0.3 is 29.6 Å². The molecule has 0 saturated carbocycles. The zero-order valence-corrected chi connectivity index (χ0v) is 37.4. The van der Waals surface area contributed by atoms with Crippen LogP contribution in [-0.2, 0) is 27.6 Å². The molecular formula is C37H48FN10O11PSSi. The summed E-state index contributed by atoms with van der Waals surface area (Å²) >= 11 is 1.13. The van der Waals surface area contributed by atoms with Crippen LogP contribution in [0.15, 0.2) is 54.1 Å². The van der Waals surface area contributed by atoms with Crippen molar-refractivity contribution in [1.29, 1.82) is 0 Å². The second-order valence-electron chi connectivity index (χ2n) is 16.7. The number of anilines is 2. The van der Waals surface area contributed by atoms with Crippen LogP contribution in [0.25, 0.3) is 22.3 Å². The first-order valence-electron chi connectivity index (χ1n) is 19.6. The number of halogens is 1. The first-order chi connectivity index (χ1) is 29.2. The molecule has 21 nitrogen and oxygen atoms in total. The van der Waals surface area contributed by atoms with Gasteiger partial charge in [0.15, 0.2) is 48.9 Å². The van der Waals surface area contributed by atoms with Gasteiger partial charge in [-0.05, 0) is 30.3 Å². The maximum absolute atomic E-state index is 15.8. The number of imidazole rings is 2. The van der Waals surface area contributed by atoms with E-state index in [9.17, 15) is 34.1 Å². The average molecular weight is 919 g/mol. The molecule has 0 radical (unpaired) electrons. The van der Waals surface area contributed by atoms with Crippen LogP contribution in [0.4, 0.5) is 16.2 Å². The van der Waals surface area contributed by atoms with Crippen molar-refractivity contribution < 1.29 is 51.9 Å². The summed E-state index contributed by atoms with van der Waals surface area (Å²) in [6, 6.07) is 8.37. The van der Waals surface area contributed by atoms with Crippen molar-refractivity contribution in [2.75, 3.05) is 23.8 Å². The van der Waals surface area contributed by atoms with E-state index in [0.717, 1.165) is 18.1 Å². The van der Waals surface area contributed by atoms with Crippen LogP contribution in [0.2, 0.25) is 18.1 Å². The molecule has 2 saturated heterocycles. The third kappa shape index (κ3) is 9.12. The lowest BCUT2D eigenvalue weighted by atomic mass is 10.1. The molecule has 6 heterocycles. The smallest absolute Gasteiger partial charge is 0.410 e. The third-order valence-corrected chi connectivity index (χ3v) is 18.0. The zero-order chi connectivity index (χ0) is 44.9. The molecule has 0 spiro atoms. The second kappa shape index (κ2) is 17.6. The molecule has 2 fully saturated rings. The molecule has 62 heavy (non-hydrogen) atoms. The fraction of sp³-hybridized carbons (Fsp3) is 0.514. The minimum atomic E-state index is -5.17. The number of aliphatic hydroxyl groups is 2. The van der Waals surface area contributed by atoms with E-state index in [4.69, 9.17) is 18.2 Å². The molecule has 0 bridgehead atoms. The molecule has 2 aliphatic rings. The van der Waals surface area contributed by atoms with Gasteiger partial charge in [-0.15, -0.1) is 11.8 Å². The number of aliphatic hydroxyl groups excluding tert-OH is 2. The molecule has 1 unspecified atom stereocenters. The number of ether oxygens (including phenoxy) is 1. The molecule has 6 N–H and O–H groups in total. The average Bonchev–Trinajstić information content (AvgIpc) is 3.98. The minimum Gasteiger partial charge on any atom is -0.410 e. The molecule has 7 rings (SSSR count). The number of aromatic nitrogens is 8. The lowest BCUT2D eigenvalue weighted by Crippen LogP contribution is -2.50. The van der Waals surface area contributed by atoms with Crippen LogP contribution in [0.1, 0.15) is 56.6 Å². The Morgan fingerprint density at radius 3 is 2.42 bits per heavy atom. The van der Waals surface area contributed by atoms with Gasteiger partial charge >= 0.3 is 7.82 Å². The Labute approximate surface area is 358 Å². The summed E-state index contributed by atoms with van der Waals surface area (Å²) in [5.74, 6) is -1.43. The lowest BCUT2D eigenvalue weighted by Gasteiger charge is -2.41. The standard InChI is InChI=1S/C37H48FN10O11PSSi/c1-18(2)31(51)45-36-44-30-24(33(53)46-36)42-17-48(30)35-27(26(21(13-49)61-35)59-62(6,7)37(3,4)5)58-60(54,55)56-14-20-25(50)22(38)34(57-20)47-16-41-23-28(39-15-40-29(23)47)43-32(52)19-11-9-8-10-12-19/h8-12,15-18,20-22,25-27,34-35,49-50H,13-14H2,1-7H3,(H,54,55)(H,39,40,43,52)(H2,44,45,46,51,53)/t20-,21-,22+,25-,26-,27-,34-,35-/m1/s1. The number of amides is 2. The maximum Gasteiger partial charge on any atom is 0.472 e. The van der Waals surface area contributed by atoms with Crippen LogP contribution in [0.5, 0.6) is 0 Å². The summed E-state index contributed by atoms with van der Waals surface area (Å²) in [6.45, 7) is 12.0. The fourth-order valence-electron chi connectivity index (χ4n) is 6.60. The molecule has 4 aromatic heterocycles. The van der Waals surface area contributed by atoms with Crippen LogP contribution >= 0.6 is 19.6 Å². The van der Waals surface area contributed by atoms with Gasteiger partial charge in [0.05, 0.1) is 37.2 Å². The van der Waals surface area contributed by atoms with Crippen LogP contribution in [-0.4, -0.2) is 123 Å². The van der Waals surface area contributed by atoms with Gasteiger partial charge in [0.25, 0.3) is 11.5 Å². The Morgan fingerprint density at radius 2 is 1.74 bits per heavy atom. The Balaban J connectivity index is 1.13. The number of phosphoric ester groups is 1. The van der Waals surface area contributed by atoms with Crippen LogP contribution in [0.3, 0.4) is 0 Å². The number of carbonyl (C=O) groups is 2. The molecule has 2 aliphatic heterocycles. The number of nitrogens with zero attached hydrogens (tertiary/aromatic N) is 7. The third-order valence-electron chi connectivity index (χ3n) is 11.0. The summed E-state index contributed by atoms with van der Waals surface area (Å²) in [5.41, 5.74) is -0.228. The number of rotatable bonds is 14. The Morgan fingerprint density at radius 1 is 1.05 bits per heavy atom. The van der Waals surface area contributed by atoms with Gasteiger partial charge in [0.2, 0.25) is 11.9 Å².